The summed E-state index contributed by atoms with van der Waals surface area (Å²) in [6, 6.07) is 6.58. The predicted molar refractivity (Wildman–Crippen MR) is 94.0 cm³/mol. The Bertz CT molecular complexity index is 628. The van der Waals surface area contributed by atoms with Crippen LogP contribution in [0.3, 0.4) is 0 Å². The fraction of sp³-hybridized carbons (Fsp3) is 0.562. The maximum Gasteiger partial charge on any atom is 0.254 e. The molecule has 1 fully saturated rings. The zero-order valence-corrected chi connectivity index (χ0v) is 15.3. The summed E-state index contributed by atoms with van der Waals surface area (Å²) in [5.74, 6) is -0.0701. The van der Waals surface area contributed by atoms with Gasteiger partial charge in [-0.2, -0.15) is 0 Å². The zero-order valence-electron chi connectivity index (χ0n) is 13.6. The highest BCUT2D eigenvalue weighted by Gasteiger charge is 2.26. The van der Waals surface area contributed by atoms with Crippen LogP contribution >= 0.6 is 12.4 Å². The number of rotatable bonds is 5. The fourth-order valence-electron chi connectivity index (χ4n) is 2.83. The molecule has 0 saturated carbocycles. The Kier molecular flexibility index (Phi) is 7.51. The van der Waals surface area contributed by atoms with Crippen molar-refractivity contribution in [2.75, 3.05) is 25.9 Å². The Balaban J connectivity index is 0.00000264. The monoisotopic (exact) mass is 360 g/mol. The summed E-state index contributed by atoms with van der Waals surface area (Å²) in [7, 11) is -3.30. The number of benzene rings is 1. The van der Waals surface area contributed by atoms with E-state index in [9.17, 15) is 13.2 Å². The second kappa shape index (κ2) is 8.66. The molecule has 1 aromatic carbocycles. The van der Waals surface area contributed by atoms with Crippen LogP contribution in [0.2, 0.25) is 0 Å². The van der Waals surface area contributed by atoms with Crippen molar-refractivity contribution < 1.29 is 13.2 Å². The van der Waals surface area contributed by atoms with Crippen LogP contribution in [0.1, 0.15) is 36.5 Å². The van der Waals surface area contributed by atoms with E-state index in [-0.39, 0.29) is 29.3 Å². The third-order valence-electron chi connectivity index (χ3n) is 3.98. The molecule has 1 amide bonds. The van der Waals surface area contributed by atoms with Gasteiger partial charge in [0.25, 0.3) is 5.91 Å². The van der Waals surface area contributed by atoms with E-state index >= 15 is 0 Å². The molecule has 0 atom stereocenters. The van der Waals surface area contributed by atoms with Crippen molar-refractivity contribution in [3.8, 4) is 0 Å². The van der Waals surface area contributed by atoms with Crippen molar-refractivity contribution >= 4 is 28.2 Å². The third-order valence-corrected chi connectivity index (χ3v) is 5.09. The fourth-order valence-corrected chi connectivity index (χ4v) is 3.50. The predicted octanol–water partition coefficient (Wildman–Crippen LogP) is 2.12. The molecule has 1 heterocycles. The lowest BCUT2D eigenvalue weighted by Crippen LogP contribution is -2.46. The summed E-state index contributed by atoms with van der Waals surface area (Å²) in [5.41, 5.74) is 0.454. The van der Waals surface area contributed by atoms with Gasteiger partial charge in [0.05, 0.1) is 4.90 Å². The molecule has 130 valence electrons. The molecular weight excluding hydrogens is 336 g/mol. The molecule has 1 aromatic rings. The number of nitrogens with zero attached hydrogens (tertiary/aromatic N) is 1. The second-order valence-electron chi connectivity index (χ2n) is 5.78. The first-order valence-corrected chi connectivity index (χ1v) is 9.64. The summed E-state index contributed by atoms with van der Waals surface area (Å²) >= 11 is 0. The molecule has 23 heavy (non-hydrogen) atoms. The highest BCUT2D eigenvalue weighted by molar-refractivity contribution is 7.90. The van der Waals surface area contributed by atoms with Crippen LogP contribution in [0.5, 0.6) is 0 Å². The topological polar surface area (TPSA) is 66.5 Å². The first kappa shape index (κ1) is 19.9. The molecule has 0 spiro atoms. The second-order valence-corrected chi connectivity index (χ2v) is 7.80. The number of sulfone groups is 1. The van der Waals surface area contributed by atoms with E-state index in [0.717, 1.165) is 38.6 Å². The van der Waals surface area contributed by atoms with Gasteiger partial charge in [-0.1, -0.05) is 13.0 Å². The average Bonchev–Trinajstić information content (AvgIpc) is 2.52. The van der Waals surface area contributed by atoms with E-state index in [1.54, 1.807) is 12.1 Å². The Morgan fingerprint density at radius 1 is 1.30 bits per heavy atom. The molecule has 0 bridgehead atoms. The van der Waals surface area contributed by atoms with E-state index < -0.39 is 9.84 Å². The van der Waals surface area contributed by atoms with Crippen molar-refractivity contribution in [2.45, 2.75) is 37.1 Å². The molecule has 1 N–H and O–H groups in total. The zero-order chi connectivity index (χ0) is 16.2. The van der Waals surface area contributed by atoms with Gasteiger partial charge in [-0.25, -0.2) is 8.42 Å². The lowest BCUT2D eigenvalue weighted by atomic mass is 10.0. The standard InChI is InChI=1S/C16H24N2O3S.ClH/c1-3-11-18(14-7-9-17-10-8-14)16(19)13-5-4-6-15(12-13)22(2,20)21;/h4-6,12,14,17H,3,7-11H2,1-2H3;1H. The summed E-state index contributed by atoms with van der Waals surface area (Å²) < 4.78 is 23.3. The van der Waals surface area contributed by atoms with Crippen LogP contribution in [0.4, 0.5) is 0 Å². The number of piperidine rings is 1. The van der Waals surface area contributed by atoms with Crippen molar-refractivity contribution in [2.24, 2.45) is 0 Å². The van der Waals surface area contributed by atoms with Gasteiger partial charge < -0.3 is 10.2 Å². The average molecular weight is 361 g/mol. The third kappa shape index (κ3) is 5.19. The normalized spacial score (nSPS) is 15.7. The van der Waals surface area contributed by atoms with Gasteiger partial charge in [0.15, 0.2) is 9.84 Å². The van der Waals surface area contributed by atoms with Crippen LogP contribution in [-0.4, -0.2) is 51.2 Å². The Morgan fingerprint density at radius 2 is 1.96 bits per heavy atom. The summed E-state index contributed by atoms with van der Waals surface area (Å²) in [6.45, 7) is 4.59. The van der Waals surface area contributed by atoms with Crippen LogP contribution in [0.15, 0.2) is 29.2 Å². The minimum atomic E-state index is -3.30. The van der Waals surface area contributed by atoms with E-state index in [1.165, 1.54) is 12.1 Å². The van der Waals surface area contributed by atoms with Crippen LogP contribution in [0, 0.1) is 0 Å². The van der Waals surface area contributed by atoms with E-state index in [4.69, 9.17) is 0 Å². The number of hydrogen-bond acceptors (Lipinski definition) is 4. The van der Waals surface area contributed by atoms with Crippen LogP contribution < -0.4 is 5.32 Å². The summed E-state index contributed by atoms with van der Waals surface area (Å²) in [5, 5.41) is 3.30. The summed E-state index contributed by atoms with van der Waals surface area (Å²) in [6.07, 6.45) is 3.93. The molecule has 0 unspecified atom stereocenters. The first-order chi connectivity index (χ1) is 10.4. The van der Waals surface area contributed by atoms with Crippen molar-refractivity contribution in [3.63, 3.8) is 0 Å². The number of hydrogen-bond donors (Lipinski definition) is 1. The largest absolute Gasteiger partial charge is 0.336 e. The Hall–Kier alpha value is -1.11. The van der Waals surface area contributed by atoms with Gasteiger partial charge in [0.1, 0.15) is 0 Å². The smallest absolute Gasteiger partial charge is 0.254 e. The molecule has 2 rings (SSSR count). The van der Waals surface area contributed by atoms with Gasteiger partial charge in [-0.05, 0) is 50.6 Å². The Morgan fingerprint density at radius 3 is 2.52 bits per heavy atom. The minimum absolute atomic E-state index is 0. The quantitative estimate of drug-likeness (QED) is 0.873. The number of halogens is 1. The van der Waals surface area contributed by atoms with E-state index in [1.807, 2.05) is 11.8 Å². The van der Waals surface area contributed by atoms with Crippen LogP contribution in [0.25, 0.3) is 0 Å². The van der Waals surface area contributed by atoms with Gasteiger partial charge in [-0.15, -0.1) is 12.4 Å². The van der Waals surface area contributed by atoms with Gasteiger partial charge in [-0.3, -0.25) is 4.79 Å². The van der Waals surface area contributed by atoms with E-state index in [0.29, 0.717) is 12.1 Å². The SMILES string of the molecule is CCCN(C(=O)c1cccc(S(C)(=O)=O)c1)C1CCNCC1.Cl. The number of nitrogens with one attached hydrogen (secondary N) is 1. The summed E-state index contributed by atoms with van der Waals surface area (Å²) in [4.78, 5) is 14.9. The molecule has 1 aliphatic rings. The number of amides is 1. The minimum Gasteiger partial charge on any atom is -0.336 e. The molecule has 5 nitrogen and oxygen atoms in total. The van der Waals surface area contributed by atoms with Gasteiger partial charge in [0.2, 0.25) is 0 Å². The lowest BCUT2D eigenvalue weighted by Gasteiger charge is -2.34. The van der Waals surface area contributed by atoms with Gasteiger partial charge in [0, 0.05) is 24.4 Å². The van der Waals surface area contributed by atoms with Crippen LogP contribution in [-0.2, 0) is 9.84 Å². The lowest BCUT2D eigenvalue weighted by molar-refractivity contribution is 0.0642. The molecule has 7 heteroatoms. The van der Waals surface area contributed by atoms with Crippen molar-refractivity contribution in [1.82, 2.24) is 10.2 Å². The van der Waals surface area contributed by atoms with E-state index in [2.05, 4.69) is 5.32 Å². The highest BCUT2D eigenvalue weighted by Crippen LogP contribution is 2.18. The Labute approximate surface area is 144 Å². The molecule has 0 aromatic heterocycles. The maximum absolute atomic E-state index is 12.8. The van der Waals surface area contributed by atoms with Crippen molar-refractivity contribution in [1.29, 1.82) is 0 Å². The first-order valence-electron chi connectivity index (χ1n) is 7.75. The molecule has 0 aliphatic carbocycles. The van der Waals surface area contributed by atoms with Crippen molar-refractivity contribution in [3.05, 3.63) is 29.8 Å². The molecule has 0 radical (unpaired) electrons. The molecular formula is C16H25ClN2O3S. The van der Waals surface area contributed by atoms with Gasteiger partial charge >= 0.3 is 0 Å². The molecule has 1 aliphatic heterocycles. The molecule has 1 saturated heterocycles. The highest BCUT2D eigenvalue weighted by atomic mass is 35.5. The number of carbonyl (C=O) groups is 1. The maximum atomic E-state index is 12.8. The number of carbonyl (C=O) groups excluding carboxylic acids is 1.